The van der Waals surface area contributed by atoms with Gasteiger partial charge in [-0.15, -0.1) is 0 Å². The third-order valence-corrected chi connectivity index (χ3v) is 29.3. The lowest BCUT2D eigenvalue weighted by atomic mass is 9.97. The zero-order valence-electron chi connectivity index (χ0n) is 77.0. The summed E-state index contributed by atoms with van der Waals surface area (Å²) in [6.07, 6.45) is -0.257. The first kappa shape index (κ1) is 116. The Balaban J connectivity index is 2.14. The minimum Gasteiger partial charge on any atom is -0.370 e. The number of carbonyl (C=O) groups is 18. The van der Waals surface area contributed by atoms with Gasteiger partial charge in [0.1, 0.15) is 90.6 Å². The Labute approximate surface area is 806 Å². The molecule has 0 radical (unpaired) electrons. The van der Waals surface area contributed by atoms with Crippen LogP contribution in [-0.4, -0.2) is 314 Å². The molecule has 4 saturated heterocycles. The number of fused-ring (bicyclic) bond motifs is 15. The minimum atomic E-state index is -1.78. The highest BCUT2D eigenvalue weighted by molar-refractivity contribution is 8.77. The van der Waals surface area contributed by atoms with Gasteiger partial charge in [-0.05, 0) is 87.9 Å². The maximum absolute atomic E-state index is 15.6. The lowest BCUT2D eigenvalue weighted by Crippen LogP contribution is -2.62. The van der Waals surface area contributed by atoms with Crippen LogP contribution in [-0.2, 0) is 86.3 Å². The summed E-state index contributed by atoms with van der Waals surface area (Å²) in [6, 6.07) is -24.2. The van der Waals surface area contributed by atoms with E-state index in [4.69, 9.17) is 55.7 Å². The number of hydrogen-bond acceptors (Lipinski definition) is 29. The van der Waals surface area contributed by atoms with E-state index in [2.05, 4.69) is 122 Å². The fraction of sp³-hybridized carbons (Fsp3) is 0.705. The van der Waals surface area contributed by atoms with Crippen molar-refractivity contribution in [1.29, 1.82) is 27.0 Å². The molecular weight excluding hydrogens is 1880 g/mol. The molecule has 0 spiro atoms. The SMILES string of the molecule is CC[C@H](C)[C@@H]1NC(=O)CNC(=O)[C@H](CCCNC(=N)N)NC(=O)CNC(=O)[C@@H]2CSSC[C@H](NC1=O)C(=O)N[C@@H](CCCNC(=N)N)C(=O)N[C@H]1CSSC[C@H](NC(=O)[C@H](CCCNC(=N)N)NC(=O)[C@@H]3CSSC[C@H](NC(=O)[C@H]([C@@H](C)CC)NC1=O)C(=O)NCC(=O)N[C@@H](CCCNC(=N)N)C(=O)N[C@@H](CCCNC(=N)N)C(=O)N[C@@H]([C@@H](C)CC)C(=O)N3)C(=O)N[C@@H]([C@@H](C)CC)C(=O)N2. The van der Waals surface area contributed by atoms with Gasteiger partial charge in [0.25, 0.3) is 0 Å². The molecule has 0 unspecified atom stereocenters. The van der Waals surface area contributed by atoms with Gasteiger partial charge in [-0.3, -0.25) is 113 Å². The topological polar surface area (TPSA) is 833 Å². The summed E-state index contributed by atoms with van der Waals surface area (Å²) in [5, 5.41) is 99.4. The van der Waals surface area contributed by atoms with Gasteiger partial charge < -0.3 is 151 Å². The second kappa shape index (κ2) is 61.8. The molecule has 0 saturated carbocycles. The van der Waals surface area contributed by atoms with Crippen LogP contribution in [0, 0.1) is 50.7 Å². The summed E-state index contributed by atoms with van der Waals surface area (Å²) >= 11 is 0. The summed E-state index contributed by atoms with van der Waals surface area (Å²) < 4.78 is 0. The predicted octanol–water partition coefficient (Wildman–Crippen LogP) is -8.69. The molecule has 51 nitrogen and oxygen atoms in total. The Morgan fingerprint density at radius 2 is 0.444 bits per heavy atom. The van der Waals surface area contributed by atoms with Gasteiger partial charge in [-0.2, -0.15) is 0 Å². The Morgan fingerprint density at radius 3 is 0.704 bits per heavy atom. The third-order valence-electron chi connectivity index (χ3n) is 22.0. The number of guanidine groups is 5. The molecule has 4 fully saturated rings. The van der Waals surface area contributed by atoms with Crippen molar-refractivity contribution in [1.82, 2.24) is 122 Å². The number of amides is 18. The quantitative estimate of drug-likeness (QED) is 0.0150. The highest BCUT2D eigenvalue weighted by Crippen LogP contribution is 2.28. The van der Waals surface area contributed by atoms with Crippen LogP contribution >= 0.6 is 64.8 Å². The molecular formula is C78H137N33O18S6. The first-order chi connectivity index (χ1) is 64.0. The van der Waals surface area contributed by atoms with E-state index in [-0.39, 0.29) is 123 Å². The maximum Gasteiger partial charge on any atom is 0.244 e. The molecule has 758 valence electrons. The van der Waals surface area contributed by atoms with Crippen LogP contribution in [0.1, 0.15) is 145 Å². The van der Waals surface area contributed by atoms with Crippen molar-refractivity contribution in [3.8, 4) is 0 Å². The molecule has 4 rings (SSSR count). The van der Waals surface area contributed by atoms with Crippen LogP contribution in [0.15, 0.2) is 0 Å². The number of rotatable bonds is 28. The second-order valence-electron chi connectivity index (χ2n) is 32.6. The average Bonchev–Trinajstić information content (AvgIpc) is 0.860. The highest BCUT2D eigenvalue weighted by Gasteiger charge is 2.42. The molecule has 4 heterocycles. The van der Waals surface area contributed by atoms with E-state index >= 15 is 43.2 Å². The zero-order chi connectivity index (χ0) is 101. The molecule has 135 heavy (non-hydrogen) atoms. The van der Waals surface area contributed by atoms with Gasteiger partial charge in [-0.25, -0.2) is 0 Å². The van der Waals surface area contributed by atoms with E-state index in [0.29, 0.717) is 0 Å². The van der Waals surface area contributed by atoms with Gasteiger partial charge >= 0.3 is 0 Å². The van der Waals surface area contributed by atoms with Crippen LogP contribution in [0.25, 0.3) is 0 Å². The molecule has 57 heteroatoms. The van der Waals surface area contributed by atoms with E-state index in [1.54, 1.807) is 55.4 Å². The van der Waals surface area contributed by atoms with Gasteiger partial charge in [0, 0.05) is 67.2 Å². The lowest BCUT2D eigenvalue weighted by Gasteiger charge is -2.31. The summed E-state index contributed by atoms with van der Waals surface area (Å²) in [4.78, 5) is 269. The molecule has 38 N–H and O–H groups in total. The molecule has 6 bridgehead atoms. The van der Waals surface area contributed by atoms with Crippen molar-refractivity contribution in [3.63, 3.8) is 0 Å². The molecule has 4 aliphatic rings. The number of hydrogen-bond donors (Lipinski definition) is 33. The molecule has 0 aromatic carbocycles. The van der Waals surface area contributed by atoms with Crippen LogP contribution in [0.3, 0.4) is 0 Å². The second-order valence-corrected chi connectivity index (χ2v) is 40.3. The molecule has 0 aliphatic carbocycles. The minimum absolute atomic E-state index is 0.00944. The summed E-state index contributed by atoms with van der Waals surface area (Å²) in [5.74, 6) is -26.0. The highest BCUT2D eigenvalue weighted by atomic mass is 33.1. The molecule has 4 aliphatic heterocycles. The van der Waals surface area contributed by atoms with E-state index < -0.39 is 305 Å². The van der Waals surface area contributed by atoms with E-state index in [0.717, 1.165) is 64.8 Å². The van der Waals surface area contributed by atoms with Crippen LogP contribution in [0.5, 0.6) is 0 Å². The standard InChI is InChI=1S/C78H137N33O18S6/c1-9-37(5)55-70(126)106-48-33-132-130-31-46(60(116)95-28-52(112)97-41(18-13-23-89-74(79)80)59(115)94-30-54(114)108-55)104-71(127)57(39(7)11-3)110-69(125)51-36-135-134-35-50(102-63(119)43(100-66(48)122)20-15-25-91-76(83)84)68(124)111-58(40(8)12-4)72(128)105-47-32-131-133-34-49(67(123)101-44(64(120)103-51)21-16-26-92-77(85)86)107-73(129)56(38(6)10-2)109-65(121)45(22-17-27-93-78(87)88)99-62(118)42(19-14-24-90-75(81)82)98-53(113)29-96-61(47)117/h37-51,55-58H,9-36H2,1-8H3,(H,94,115)(H,95,116)(H,96,117)(H,97,112)(H,98,113)(H,99,118)(H,100,122)(H,101,123)(H,102,119)(H,103,120)(H,104,127)(H,105,128)(H,106,126)(H,107,129)(H,108,114)(H,109,121)(H,110,125)(H,111,124)(H4,79,80,89)(H4,81,82,90)(H4,83,84,91)(H4,85,86,92)(H4,87,88,93)/t37-,38-,39-,40-,41-,42-,43-,44-,45-,46-,47-,48-,49-,50-,51-,55-,56-,57-,58-/m0/s1. The zero-order valence-corrected chi connectivity index (χ0v) is 81.9. The van der Waals surface area contributed by atoms with Gasteiger partial charge in [0.2, 0.25) is 106 Å². The predicted molar refractivity (Wildman–Crippen MR) is 516 cm³/mol. The molecule has 0 aromatic rings. The van der Waals surface area contributed by atoms with Crippen LogP contribution < -0.4 is 151 Å². The van der Waals surface area contributed by atoms with Gasteiger partial charge in [0.05, 0.1) is 19.6 Å². The largest absolute Gasteiger partial charge is 0.370 e. The van der Waals surface area contributed by atoms with E-state index in [1.165, 1.54) is 0 Å². The number of carbonyl (C=O) groups excluding carboxylic acids is 18. The van der Waals surface area contributed by atoms with Crippen molar-refractivity contribution in [2.75, 3.05) is 86.9 Å². The van der Waals surface area contributed by atoms with E-state index in [9.17, 15) is 43.2 Å². The van der Waals surface area contributed by atoms with Crippen LogP contribution in [0.2, 0.25) is 0 Å². The van der Waals surface area contributed by atoms with Gasteiger partial charge in [0.15, 0.2) is 29.8 Å². The van der Waals surface area contributed by atoms with Crippen molar-refractivity contribution in [3.05, 3.63) is 0 Å². The normalized spacial score (nSPS) is 26.4. The van der Waals surface area contributed by atoms with Crippen molar-refractivity contribution < 1.29 is 86.3 Å². The molecule has 19 atom stereocenters. The maximum atomic E-state index is 15.6. The number of nitrogens with one attached hydrogen (secondary N) is 28. The molecule has 0 aromatic heterocycles. The van der Waals surface area contributed by atoms with Crippen molar-refractivity contribution in [2.45, 2.75) is 236 Å². The fourth-order valence-electron chi connectivity index (χ4n) is 13.3. The van der Waals surface area contributed by atoms with Crippen molar-refractivity contribution >= 4 is 201 Å². The Bertz CT molecular complexity index is 4130. The number of nitrogens with two attached hydrogens (primary N) is 5. The summed E-state index contributed by atoms with van der Waals surface area (Å²) in [7, 11) is 5.04. The third kappa shape index (κ3) is 43.2. The first-order valence-corrected chi connectivity index (χ1v) is 52.0. The first-order valence-electron chi connectivity index (χ1n) is 44.5. The fourth-order valence-corrected chi connectivity index (χ4v) is 20.3. The van der Waals surface area contributed by atoms with Crippen LogP contribution in [0.4, 0.5) is 0 Å². The smallest absolute Gasteiger partial charge is 0.244 e. The molecule has 18 amide bonds. The summed E-state index contributed by atoms with van der Waals surface area (Å²) in [6.45, 7) is 10.6. The summed E-state index contributed by atoms with van der Waals surface area (Å²) in [5.41, 5.74) is 28.0. The monoisotopic (exact) mass is 2020 g/mol. The van der Waals surface area contributed by atoms with E-state index in [1.807, 2.05) is 0 Å². The lowest BCUT2D eigenvalue weighted by molar-refractivity contribution is -0.136. The van der Waals surface area contributed by atoms with Crippen molar-refractivity contribution in [2.24, 2.45) is 52.3 Å². The average molecular weight is 2020 g/mol. The Hall–Kier alpha value is -11.1. The van der Waals surface area contributed by atoms with Gasteiger partial charge in [-0.1, -0.05) is 146 Å². The Morgan fingerprint density at radius 1 is 0.259 bits per heavy atom. The Kier molecular flexibility index (Phi) is 53.2.